The number of aromatic nitrogens is 3. The lowest BCUT2D eigenvalue weighted by Gasteiger charge is -2.26. The third-order valence-electron chi connectivity index (χ3n) is 4.06. The summed E-state index contributed by atoms with van der Waals surface area (Å²) >= 11 is 0. The first-order valence-corrected chi connectivity index (χ1v) is 7.50. The second-order valence-electron chi connectivity index (χ2n) is 6.69. The summed E-state index contributed by atoms with van der Waals surface area (Å²) in [6, 6.07) is 3.69. The maximum Gasteiger partial charge on any atom is 0.258 e. The standard InChI is InChI=1S/C16H22N4O/c1-16(2,3)20-13(8-10-18-20)19-15(21)12-7-9-17-14(12)11-5-4-6-11/h7-11,17H,4-6H2,1-3H3,(H,19,21). The molecule has 1 aliphatic rings. The van der Waals surface area contributed by atoms with Gasteiger partial charge in [0.25, 0.3) is 5.91 Å². The third-order valence-corrected chi connectivity index (χ3v) is 4.06. The van der Waals surface area contributed by atoms with Crippen molar-refractivity contribution in [3.63, 3.8) is 0 Å². The number of anilines is 1. The van der Waals surface area contributed by atoms with Gasteiger partial charge in [0.2, 0.25) is 0 Å². The van der Waals surface area contributed by atoms with Gasteiger partial charge in [-0.1, -0.05) is 6.42 Å². The Bertz CT molecular complexity index is 643. The van der Waals surface area contributed by atoms with Gasteiger partial charge in [-0.2, -0.15) is 5.10 Å². The molecule has 2 aromatic rings. The fraction of sp³-hybridized carbons (Fsp3) is 0.500. The number of hydrogen-bond donors (Lipinski definition) is 2. The van der Waals surface area contributed by atoms with E-state index in [9.17, 15) is 4.79 Å². The number of H-pyrrole nitrogens is 1. The molecule has 0 bridgehead atoms. The molecule has 5 nitrogen and oxygen atoms in total. The summed E-state index contributed by atoms with van der Waals surface area (Å²) in [5.41, 5.74) is 1.66. The van der Waals surface area contributed by atoms with Crippen LogP contribution in [0.2, 0.25) is 0 Å². The highest BCUT2D eigenvalue weighted by molar-refractivity contribution is 6.04. The molecule has 0 atom stereocenters. The molecule has 2 aromatic heterocycles. The van der Waals surface area contributed by atoms with Crippen LogP contribution in [0.3, 0.4) is 0 Å². The zero-order valence-electron chi connectivity index (χ0n) is 12.8. The van der Waals surface area contributed by atoms with Crippen LogP contribution >= 0.6 is 0 Å². The predicted octanol–water partition coefficient (Wildman–Crippen LogP) is 3.49. The topological polar surface area (TPSA) is 62.7 Å². The normalized spacial score (nSPS) is 15.8. The van der Waals surface area contributed by atoms with Crippen molar-refractivity contribution in [3.8, 4) is 0 Å². The molecule has 2 N–H and O–H groups in total. The van der Waals surface area contributed by atoms with Crippen molar-refractivity contribution < 1.29 is 4.79 Å². The van der Waals surface area contributed by atoms with Crippen molar-refractivity contribution in [2.75, 3.05) is 5.32 Å². The number of aromatic amines is 1. The third kappa shape index (κ3) is 2.60. The molecular formula is C16H22N4O. The Labute approximate surface area is 124 Å². The molecule has 1 amide bonds. The van der Waals surface area contributed by atoms with E-state index in [0.29, 0.717) is 5.92 Å². The zero-order valence-corrected chi connectivity index (χ0v) is 12.8. The van der Waals surface area contributed by atoms with Crippen molar-refractivity contribution >= 4 is 11.7 Å². The Kier molecular flexibility index (Phi) is 3.35. The van der Waals surface area contributed by atoms with Crippen LogP contribution < -0.4 is 5.32 Å². The predicted molar refractivity (Wildman–Crippen MR) is 82.6 cm³/mol. The maximum absolute atomic E-state index is 12.5. The molecule has 0 aromatic carbocycles. The SMILES string of the molecule is CC(C)(C)n1nccc1NC(=O)c1cc[nH]c1C1CCC1. The van der Waals surface area contributed by atoms with E-state index in [1.165, 1.54) is 19.3 Å². The number of amides is 1. The Morgan fingerprint density at radius 1 is 1.38 bits per heavy atom. The second kappa shape index (κ2) is 5.06. The van der Waals surface area contributed by atoms with E-state index in [2.05, 4.69) is 36.2 Å². The highest BCUT2D eigenvalue weighted by atomic mass is 16.1. The van der Waals surface area contributed by atoms with Crippen LogP contribution in [0.4, 0.5) is 5.82 Å². The van der Waals surface area contributed by atoms with Gasteiger partial charge < -0.3 is 10.3 Å². The fourth-order valence-electron chi connectivity index (χ4n) is 2.73. The van der Waals surface area contributed by atoms with Crippen molar-refractivity contribution in [2.24, 2.45) is 0 Å². The zero-order chi connectivity index (χ0) is 15.0. The van der Waals surface area contributed by atoms with Crippen molar-refractivity contribution in [3.05, 3.63) is 35.8 Å². The van der Waals surface area contributed by atoms with Crippen molar-refractivity contribution in [1.29, 1.82) is 0 Å². The van der Waals surface area contributed by atoms with Crippen LogP contribution in [0.5, 0.6) is 0 Å². The van der Waals surface area contributed by atoms with Crippen molar-refractivity contribution in [2.45, 2.75) is 51.5 Å². The molecule has 1 aliphatic carbocycles. The summed E-state index contributed by atoms with van der Waals surface area (Å²) in [7, 11) is 0. The van der Waals surface area contributed by atoms with Gasteiger partial charge in [-0.05, 0) is 45.6 Å². The van der Waals surface area contributed by atoms with Gasteiger partial charge in [0, 0.05) is 18.0 Å². The lowest BCUT2D eigenvalue weighted by Crippen LogP contribution is -2.27. The number of hydrogen-bond acceptors (Lipinski definition) is 2. The molecule has 2 heterocycles. The average Bonchev–Trinajstić information content (AvgIpc) is 2.94. The van der Waals surface area contributed by atoms with E-state index in [0.717, 1.165) is 17.1 Å². The van der Waals surface area contributed by atoms with E-state index < -0.39 is 0 Å². The molecule has 0 spiro atoms. The first kappa shape index (κ1) is 13.9. The molecule has 5 heteroatoms. The van der Waals surface area contributed by atoms with Crippen LogP contribution in [0.25, 0.3) is 0 Å². The van der Waals surface area contributed by atoms with Gasteiger partial charge in [0.15, 0.2) is 0 Å². The van der Waals surface area contributed by atoms with E-state index in [-0.39, 0.29) is 11.4 Å². The monoisotopic (exact) mass is 286 g/mol. The van der Waals surface area contributed by atoms with Gasteiger partial charge >= 0.3 is 0 Å². The summed E-state index contributed by atoms with van der Waals surface area (Å²) in [4.78, 5) is 15.8. The molecule has 0 saturated heterocycles. The molecule has 3 rings (SSSR count). The number of nitrogens with one attached hydrogen (secondary N) is 2. The number of nitrogens with zero attached hydrogens (tertiary/aromatic N) is 2. The van der Waals surface area contributed by atoms with Crippen LogP contribution in [-0.2, 0) is 5.54 Å². The van der Waals surface area contributed by atoms with E-state index >= 15 is 0 Å². The van der Waals surface area contributed by atoms with Crippen LogP contribution in [0, 0.1) is 0 Å². The number of carbonyl (C=O) groups excluding carboxylic acids is 1. The summed E-state index contributed by atoms with van der Waals surface area (Å²) < 4.78 is 1.83. The number of rotatable bonds is 3. The van der Waals surface area contributed by atoms with Crippen LogP contribution in [0.1, 0.15) is 62.0 Å². The molecule has 1 fully saturated rings. The van der Waals surface area contributed by atoms with Crippen molar-refractivity contribution in [1.82, 2.24) is 14.8 Å². The first-order chi connectivity index (χ1) is 9.97. The second-order valence-corrected chi connectivity index (χ2v) is 6.69. The minimum Gasteiger partial charge on any atom is -0.364 e. The summed E-state index contributed by atoms with van der Waals surface area (Å²) in [6.07, 6.45) is 7.15. The van der Waals surface area contributed by atoms with Gasteiger partial charge in [0.05, 0.1) is 17.3 Å². The minimum atomic E-state index is -0.166. The minimum absolute atomic E-state index is 0.0656. The molecule has 0 radical (unpaired) electrons. The van der Waals surface area contributed by atoms with Gasteiger partial charge in [0.1, 0.15) is 5.82 Å². The Hall–Kier alpha value is -2.04. The summed E-state index contributed by atoms with van der Waals surface area (Å²) in [6.45, 7) is 6.18. The summed E-state index contributed by atoms with van der Waals surface area (Å²) in [5.74, 6) is 1.17. The molecule has 21 heavy (non-hydrogen) atoms. The molecule has 0 unspecified atom stereocenters. The van der Waals surface area contributed by atoms with E-state index in [4.69, 9.17) is 0 Å². The fourth-order valence-corrected chi connectivity index (χ4v) is 2.73. The smallest absolute Gasteiger partial charge is 0.258 e. The maximum atomic E-state index is 12.5. The highest BCUT2D eigenvalue weighted by Crippen LogP contribution is 2.37. The first-order valence-electron chi connectivity index (χ1n) is 7.50. The molecular weight excluding hydrogens is 264 g/mol. The van der Waals surface area contributed by atoms with Crippen LogP contribution in [0.15, 0.2) is 24.5 Å². The Morgan fingerprint density at radius 2 is 2.14 bits per heavy atom. The van der Waals surface area contributed by atoms with Gasteiger partial charge in [-0.25, -0.2) is 4.68 Å². The van der Waals surface area contributed by atoms with Crippen LogP contribution in [-0.4, -0.2) is 20.7 Å². The summed E-state index contributed by atoms with van der Waals surface area (Å²) in [5, 5.41) is 7.29. The van der Waals surface area contributed by atoms with E-state index in [1.807, 2.05) is 23.0 Å². The number of carbonyl (C=O) groups is 1. The van der Waals surface area contributed by atoms with E-state index in [1.54, 1.807) is 6.20 Å². The molecule has 1 saturated carbocycles. The average molecular weight is 286 g/mol. The largest absolute Gasteiger partial charge is 0.364 e. The lowest BCUT2D eigenvalue weighted by atomic mass is 9.81. The van der Waals surface area contributed by atoms with Gasteiger partial charge in [-0.15, -0.1) is 0 Å². The Balaban J connectivity index is 1.81. The molecule has 0 aliphatic heterocycles. The lowest BCUT2D eigenvalue weighted by molar-refractivity contribution is 0.102. The van der Waals surface area contributed by atoms with Gasteiger partial charge in [-0.3, -0.25) is 4.79 Å². The quantitative estimate of drug-likeness (QED) is 0.907. The highest BCUT2D eigenvalue weighted by Gasteiger charge is 2.26. The Morgan fingerprint density at radius 3 is 2.76 bits per heavy atom. The molecule has 112 valence electrons.